The van der Waals surface area contributed by atoms with E-state index in [0.717, 1.165) is 9.75 Å². The van der Waals surface area contributed by atoms with E-state index in [2.05, 4.69) is 5.32 Å². The Labute approximate surface area is 121 Å². The highest BCUT2D eigenvalue weighted by Gasteiger charge is 2.18. The van der Waals surface area contributed by atoms with Gasteiger partial charge in [-0.25, -0.2) is 0 Å². The van der Waals surface area contributed by atoms with Gasteiger partial charge in [-0.15, -0.1) is 11.3 Å². The lowest BCUT2D eigenvalue weighted by atomic mass is 10.2. The lowest BCUT2D eigenvalue weighted by Crippen LogP contribution is -2.40. The highest BCUT2D eigenvalue weighted by atomic mass is 32.2. The van der Waals surface area contributed by atoms with Crippen LogP contribution in [0, 0.1) is 6.92 Å². The van der Waals surface area contributed by atoms with E-state index < -0.39 is 0 Å². The summed E-state index contributed by atoms with van der Waals surface area (Å²) < 4.78 is 4.71. The van der Waals surface area contributed by atoms with Gasteiger partial charge in [-0.1, -0.05) is 0 Å². The van der Waals surface area contributed by atoms with Gasteiger partial charge in [0.1, 0.15) is 6.04 Å². The minimum Gasteiger partial charge on any atom is -0.468 e. The molecule has 0 saturated heterocycles. The first-order valence-electron chi connectivity index (χ1n) is 5.98. The van der Waals surface area contributed by atoms with Gasteiger partial charge in [0.05, 0.1) is 12.0 Å². The predicted octanol–water partition coefficient (Wildman–Crippen LogP) is 2.12. The molecule has 0 radical (unpaired) electrons. The molecule has 0 aliphatic heterocycles. The Balaban J connectivity index is 2.39. The van der Waals surface area contributed by atoms with Gasteiger partial charge < -0.3 is 10.1 Å². The molecule has 0 aliphatic rings. The van der Waals surface area contributed by atoms with Crippen LogP contribution in [-0.4, -0.2) is 43.5 Å². The molecule has 0 aromatic carbocycles. The van der Waals surface area contributed by atoms with E-state index in [1.54, 1.807) is 11.8 Å². The Morgan fingerprint density at radius 3 is 2.74 bits per heavy atom. The number of nitrogens with one attached hydrogen (secondary N) is 1. The molecular formula is C13H19NO3S2. The van der Waals surface area contributed by atoms with Gasteiger partial charge in [-0.3, -0.25) is 9.59 Å². The Morgan fingerprint density at radius 1 is 1.47 bits per heavy atom. The largest absolute Gasteiger partial charge is 0.468 e. The fourth-order valence-corrected chi connectivity index (χ4v) is 3.01. The van der Waals surface area contributed by atoms with Gasteiger partial charge in [0.15, 0.2) is 5.78 Å². The van der Waals surface area contributed by atoms with Crippen molar-refractivity contribution in [3.8, 4) is 0 Å². The summed E-state index contributed by atoms with van der Waals surface area (Å²) in [7, 11) is 1.37. The van der Waals surface area contributed by atoms with Crippen LogP contribution in [0.4, 0.5) is 0 Å². The zero-order chi connectivity index (χ0) is 14.3. The van der Waals surface area contributed by atoms with Gasteiger partial charge >= 0.3 is 5.97 Å². The second kappa shape index (κ2) is 8.35. The Bertz CT molecular complexity index is 431. The molecule has 19 heavy (non-hydrogen) atoms. The standard InChI is InChI=1S/C13H19NO3S2/c1-9-4-5-12(19-9)11(15)6-7-14-10(8-18-3)13(16)17-2/h4-5,10,14H,6-8H2,1-3H3. The number of esters is 1. The van der Waals surface area contributed by atoms with Crippen LogP contribution in [0.15, 0.2) is 12.1 Å². The number of thioether (sulfide) groups is 1. The minimum absolute atomic E-state index is 0.110. The van der Waals surface area contributed by atoms with Gasteiger partial charge in [0, 0.05) is 23.6 Å². The number of ether oxygens (including phenoxy) is 1. The summed E-state index contributed by atoms with van der Waals surface area (Å²) >= 11 is 3.07. The van der Waals surface area contributed by atoms with E-state index in [0.29, 0.717) is 18.7 Å². The smallest absolute Gasteiger partial charge is 0.323 e. The highest BCUT2D eigenvalue weighted by molar-refractivity contribution is 7.98. The molecule has 1 unspecified atom stereocenters. The quantitative estimate of drug-likeness (QED) is 0.589. The van der Waals surface area contributed by atoms with E-state index in [1.807, 2.05) is 25.3 Å². The third-order valence-corrected chi connectivity index (χ3v) is 4.29. The van der Waals surface area contributed by atoms with E-state index in [4.69, 9.17) is 4.74 Å². The summed E-state index contributed by atoms with van der Waals surface area (Å²) in [4.78, 5) is 25.3. The SMILES string of the molecule is COC(=O)C(CSC)NCCC(=O)c1ccc(C)s1. The molecule has 106 valence electrons. The van der Waals surface area contributed by atoms with Gasteiger partial charge in [-0.2, -0.15) is 11.8 Å². The summed E-state index contributed by atoms with van der Waals surface area (Å²) in [5.41, 5.74) is 0. The lowest BCUT2D eigenvalue weighted by Gasteiger charge is -2.14. The first-order valence-corrected chi connectivity index (χ1v) is 8.19. The summed E-state index contributed by atoms with van der Waals surface area (Å²) in [5.74, 6) is 0.464. The number of ketones is 1. The number of carbonyl (C=O) groups is 2. The van der Waals surface area contributed by atoms with Crippen molar-refractivity contribution in [2.24, 2.45) is 0 Å². The zero-order valence-corrected chi connectivity index (χ0v) is 13.0. The third-order valence-electron chi connectivity index (χ3n) is 2.58. The maximum atomic E-state index is 11.9. The monoisotopic (exact) mass is 301 g/mol. The van der Waals surface area contributed by atoms with Crippen LogP contribution < -0.4 is 5.32 Å². The highest BCUT2D eigenvalue weighted by Crippen LogP contribution is 2.16. The van der Waals surface area contributed by atoms with Crippen molar-refractivity contribution in [2.75, 3.05) is 25.7 Å². The molecule has 0 saturated carbocycles. The van der Waals surface area contributed by atoms with Crippen molar-refractivity contribution < 1.29 is 14.3 Å². The molecule has 0 spiro atoms. The summed E-state index contributed by atoms with van der Waals surface area (Å²) in [5, 5.41) is 3.07. The number of methoxy groups -OCH3 is 1. The van der Waals surface area contributed by atoms with Crippen molar-refractivity contribution in [1.29, 1.82) is 0 Å². The average molecular weight is 301 g/mol. The molecule has 0 bridgehead atoms. The van der Waals surface area contributed by atoms with Crippen molar-refractivity contribution in [2.45, 2.75) is 19.4 Å². The fourth-order valence-electron chi connectivity index (χ4n) is 1.59. The minimum atomic E-state index is -0.349. The van der Waals surface area contributed by atoms with Crippen LogP contribution in [0.2, 0.25) is 0 Å². The Morgan fingerprint density at radius 2 is 2.21 bits per heavy atom. The molecule has 1 N–H and O–H groups in total. The first-order chi connectivity index (χ1) is 9.08. The molecule has 1 heterocycles. The average Bonchev–Trinajstić information content (AvgIpc) is 2.83. The first kappa shape index (κ1) is 16.2. The Hall–Kier alpha value is -0.850. The van der Waals surface area contributed by atoms with Crippen molar-refractivity contribution >= 4 is 34.9 Å². The second-order valence-corrected chi connectivity index (χ2v) is 6.27. The Kier molecular flexibility index (Phi) is 7.12. The molecule has 1 aromatic rings. The van der Waals surface area contributed by atoms with Crippen molar-refractivity contribution in [3.05, 3.63) is 21.9 Å². The van der Waals surface area contributed by atoms with Crippen LogP contribution in [0.1, 0.15) is 21.0 Å². The third kappa shape index (κ3) is 5.34. The number of thiophene rings is 1. The number of hydrogen-bond donors (Lipinski definition) is 1. The summed E-state index contributed by atoms with van der Waals surface area (Å²) in [6.45, 7) is 2.46. The van der Waals surface area contributed by atoms with Gasteiger partial charge in [-0.05, 0) is 25.3 Å². The summed E-state index contributed by atoms with van der Waals surface area (Å²) in [6, 6.07) is 3.44. The molecule has 0 aliphatic carbocycles. The number of aryl methyl sites for hydroxylation is 1. The van der Waals surface area contributed by atoms with Crippen molar-refractivity contribution in [3.63, 3.8) is 0 Å². The van der Waals surface area contributed by atoms with Crippen LogP contribution in [-0.2, 0) is 9.53 Å². The molecule has 4 nitrogen and oxygen atoms in total. The normalized spacial score (nSPS) is 12.2. The molecule has 0 amide bonds. The predicted molar refractivity (Wildman–Crippen MR) is 80.2 cm³/mol. The molecule has 1 aromatic heterocycles. The van der Waals surface area contributed by atoms with Crippen LogP contribution in [0.5, 0.6) is 0 Å². The number of hydrogen-bond acceptors (Lipinski definition) is 6. The van der Waals surface area contributed by atoms with E-state index in [-0.39, 0.29) is 17.8 Å². The molecular weight excluding hydrogens is 282 g/mol. The molecule has 1 atom stereocenters. The summed E-state index contributed by atoms with van der Waals surface area (Å²) in [6.07, 6.45) is 2.32. The van der Waals surface area contributed by atoms with Crippen molar-refractivity contribution in [1.82, 2.24) is 5.32 Å². The number of rotatable bonds is 8. The van der Waals surface area contributed by atoms with Crippen LogP contribution in [0.3, 0.4) is 0 Å². The fraction of sp³-hybridized carbons (Fsp3) is 0.538. The van der Waals surface area contributed by atoms with Crippen LogP contribution in [0.25, 0.3) is 0 Å². The molecule has 1 rings (SSSR count). The lowest BCUT2D eigenvalue weighted by molar-refractivity contribution is -0.142. The van der Waals surface area contributed by atoms with Gasteiger partial charge in [0.2, 0.25) is 0 Å². The molecule has 6 heteroatoms. The number of carbonyl (C=O) groups excluding carboxylic acids is 2. The second-order valence-electron chi connectivity index (χ2n) is 4.07. The van der Waals surface area contributed by atoms with Crippen LogP contribution >= 0.6 is 23.1 Å². The zero-order valence-electron chi connectivity index (χ0n) is 11.4. The van der Waals surface area contributed by atoms with E-state index >= 15 is 0 Å². The maximum absolute atomic E-state index is 11.9. The molecule has 0 fully saturated rings. The maximum Gasteiger partial charge on any atom is 0.323 e. The number of Topliss-reactive ketones (excluding diaryl/α,β-unsaturated/α-hetero) is 1. The van der Waals surface area contributed by atoms with Gasteiger partial charge in [0.25, 0.3) is 0 Å². The van der Waals surface area contributed by atoms with E-state index in [1.165, 1.54) is 18.4 Å². The van der Waals surface area contributed by atoms with E-state index in [9.17, 15) is 9.59 Å². The topological polar surface area (TPSA) is 55.4 Å².